The minimum absolute atomic E-state index is 0.0130. The number of aliphatic hydroxyl groups excluding tert-OH is 5. The number of aromatic nitrogens is 2. The van der Waals surface area contributed by atoms with Crippen molar-refractivity contribution in [3.8, 4) is 0 Å². The van der Waals surface area contributed by atoms with Crippen molar-refractivity contribution >= 4 is 98.1 Å². The third kappa shape index (κ3) is 47.3. The quantitative estimate of drug-likeness (QED) is 0.00666. The molecule has 0 bridgehead atoms. The molecule has 0 radical (unpaired) electrons. The van der Waals surface area contributed by atoms with Gasteiger partial charge in [-0.05, 0) is 93.0 Å². The number of esters is 1. The SMILES string of the molecule is CCC(CO)OC(CO)OC.CCC(CO)OC(COC(=O)NCCC(=O)NCCSSC)OC.CCC(CO)OC(COC(=O)NCCC(=O)N[C@H](C(=O)OC(OC(=O)NCCCN(C(=O)c1ccc(C)cc1)[C@@H](c1nc2cc(Cl)ccc2c(=O)n1Cc1ccccc1)C(C)C)C(C)C)C(C)C)OC.CCC(CO)OC(COC(=O)NCCC(=O)O)OC. The molecule has 0 spiro atoms. The van der Waals surface area contributed by atoms with Gasteiger partial charge in [-0.2, -0.15) is 0 Å². The molecule has 4 aromatic rings. The molecule has 38 nitrogen and oxygen atoms in total. The van der Waals surface area contributed by atoms with Gasteiger partial charge >= 0.3 is 36.3 Å². The number of hydrogen-bond acceptors (Lipinski definition) is 31. The number of aliphatic carboxylic acids is 1. The average molecular weight is 1820 g/mol. The van der Waals surface area contributed by atoms with E-state index in [4.69, 9.17) is 104 Å². The monoisotopic (exact) mass is 1820 g/mol. The van der Waals surface area contributed by atoms with Crippen LogP contribution in [-0.2, 0) is 87.3 Å². The van der Waals surface area contributed by atoms with E-state index in [1.165, 1.54) is 28.4 Å². The molecule has 1 aromatic heterocycles. The predicted molar refractivity (Wildman–Crippen MR) is 465 cm³/mol. The first-order valence-electron chi connectivity index (χ1n) is 40.9. The molecule has 124 heavy (non-hydrogen) atoms. The molecule has 1 heterocycles. The Labute approximate surface area is 739 Å². The lowest BCUT2D eigenvalue weighted by atomic mass is 9.98. The Morgan fingerprint density at radius 1 is 0.540 bits per heavy atom. The summed E-state index contributed by atoms with van der Waals surface area (Å²) in [4.78, 5) is 132. The second kappa shape index (κ2) is 67.1. The number of carboxylic acids is 1. The number of rotatable bonds is 56. The fourth-order valence-electron chi connectivity index (χ4n) is 10.6. The Balaban J connectivity index is 0.00000114. The lowest BCUT2D eigenvalue weighted by Crippen LogP contribution is -2.48. The van der Waals surface area contributed by atoms with Crippen molar-refractivity contribution in [1.29, 1.82) is 0 Å². The highest BCUT2D eigenvalue weighted by molar-refractivity contribution is 8.76. The summed E-state index contributed by atoms with van der Waals surface area (Å²) in [5, 5.41) is 69.2. The molecule has 4 rings (SSSR count). The van der Waals surface area contributed by atoms with Gasteiger partial charge in [-0.25, -0.2) is 29.0 Å². The molecule has 704 valence electrons. The highest BCUT2D eigenvalue weighted by Crippen LogP contribution is 2.31. The van der Waals surface area contributed by atoms with Gasteiger partial charge in [-0.3, -0.25) is 28.5 Å². The smallest absolute Gasteiger partial charge is 0.410 e. The van der Waals surface area contributed by atoms with E-state index >= 15 is 0 Å². The van der Waals surface area contributed by atoms with Gasteiger partial charge in [-0.15, -0.1) is 0 Å². The molecule has 7 amide bonds. The summed E-state index contributed by atoms with van der Waals surface area (Å²) >= 11 is 6.40. The number of nitrogens with zero attached hydrogens (tertiary/aromatic N) is 3. The molecule has 3 aromatic carbocycles. The summed E-state index contributed by atoms with van der Waals surface area (Å²) in [7, 11) is 8.96. The number of benzene rings is 3. The number of alkyl carbamates (subject to hydrolysis) is 4. The summed E-state index contributed by atoms with van der Waals surface area (Å²) in [6.07, 6.45) is -4.45. The third-order valence-corrected chi connectivity index (χ3v) is 19.8. The first-order valence-corrected chi connectivity index (χ1v) is 44.0. The second-order valence-corrected chi connectivity index (χ2v) is 31.5. The number of aliphatic hydroxyl groups is 5. The van der Waals surface area contributed by atoms with E-state index in [2.05, 4.69) is 31.9 Å². The molecule has 12 N–H and O–H groups in total. The van der Waals surface area contributed by atoms with Gasteiger partial charge in [0.25, 0.3) is 17.8 Å². The first kappa shape index (κ1) is 114. The summed E-state index contributed by atoms with van der Waals surface area (Å²) in [6.45, 7) is 19.9. The number of halogens is 1. The molecular weight excluding hydrogens is 1690 g/mol. The third-order valence-electron chi connectivity index (χ3n) is 17.7. The Morgan fingerprint density at radius 3 is 1.44 bits per heavy atom. The Hall–Kier alpha value is -8.30. The van der Waals surface area contributed by atoms with E-state index < -0.39 is 104 Å². The number of hydrogen-bond donors (Lipinski definition) is 12. The number of ether oxygens (including phenoxy) is 13. The van der Waals surface area contributed by atoms with Crippen LogP contribution in [0.3, 0.4) is 0 Å². The number of methoxy groups -OCH3 is 4. The zero-order valence-corrected chi connectivity index (χ0v) is 76.5. The fraction of sp³-hybridized carbons (Fsp3) is 0.651. The van der Waals surface area contributed by atoms with Crippen molar-refractivity contribution in [1.82, 2.24) is 46.4 Å². The van der Waals surface area contributed by atoms with E-state index in [-0.39, 0.29) is 159 Å². The highest BCUT2D eigenvalue weighted by Gasteiger charge is 2.35. The van der Waals surface area contributed by atoms with Crippen molar-refractivity contribution in [2.75, 3.05) is 133 Å². The maximum absolute atomic E-state index is 14.6. The van der Waals surface area contributed by atoms with Crippen molar-refractivity contribution in [2.24, 2.45) is 17.8 Å². The maximum Gasteiger partial charge on any atom is 0.410 e. The van der Waals surface area contributed by atoms with E-state index in [0.717, 1.165) is 16.9 Å². The largest absolute Gasteiger partial charge is 0.481 e. The van der Waals surface area contributed by atoms with Gasteiger partial charge in [0.1, 0.15) is 31.7 Å². The fourth-order valence-corrected chi connectivity index (χ4v) is 11.9. The highest BCUT2D eigenvalue weighted by atomic mass is 35.5. The van der Waals surface area contributed by atoms with Crippen LogP contribution in [0.2, 0.25) is 5.02 Å². The number of fused-ring (bicyclic) bond motifs is 1. The first-order chi connectivity index (χ1) is 59.2. The van der Waals surface area contributed by atoms with Gasteiger partial charge in [0.2, 0.25) is 11.8 Å². The minimum atomic E-state index is -1.33. The van der Waals surface area contributed by atoms with Crippen LogP contribution < -0.4 is 37.5 Å². The van der Waals surface area contributed by atoms with E-state index in [1.807, 2.05) is 97.2 Å². The Bertz CT molecular complexity index is 3700. The summed E-state index contributed by atoms with van der Waals surface area (Å²) < 4.78 is 68.9. The maximum atomic E-state index is 14.6. The molecule has 9 unspecified atom stereocenters. The number of carboxylic acid groups (broad SMARTS) is 1. The standard InChI is InChI=1S/C51H69ClN6O12.C14H28N2O6S2.C11H21NO7.C7H16O4/c1-10-38(29-59)68-42(66-9)30-67-50(64)54-25-23-41(60)56-43(31(2)3)48(63)69-49(33(6)7)70-51(65)53-24-14-26-57(46(61)36-19-17-34(8)18-20-36)44(32(4)5)45-55-40-27-37(52)21-22-39(40)47(62)58(45)28-35-15-12-11-13-16-35;1-4-11(9-17)22-13(20-2)10-21-14(19)16-6-5-12(18)15-7-8-24-23-3;1-3-8(6-13)19-10(17-2)7-18-11(16)12-5-4-9(14)15;1-3-6(4-8)11-7(5-9)10-2/h11-13,15-22,27,31-33,38,42-44,49,59H,10,14,23-26,28-30H2,1-9H3,(H,53,65)(H,54,64)(H,56,60);11,13,17H,4-10H2,1-3H3,(H,15,18)(H,16,19);8,10,13H,3-7H2,1-2H3,(H,12,16)(H,14,15);6-9H,3-5H2,1-2H3/t38?,42?,43-,44+,49?;;;/m0.../s1. The predicted octanol–water partition coefficient (Wildman–Crippen LogP) is 7.58. The Kier molecular flexibility index (Phi) is 61.5. The van der Waals surface area contributed by atoms with Crippen LogP contribution in [0.5, 0.6) is 0 Å². The van der Waals surface area contributed by atoms with Crippen molar-refractivity contribution in [2.45, 2.75) is 202 Å². The molecule has 0 aliphatic rings. The molecule has 0 aliphatic heterocycles. The van der Waals surface area contributed by atoms with Crippen LogP contribution >= 0.6 is 33.2 Å². The summed E-state index contributed by atoms with van der Waals surface area (Å²) in [5.41, 5.74) is 2.39. The molecule has 0 saturated heterocycles. The number of aryl methyl sites for hydroxylation is 1. The molecule has 0 aliphatic carbocycles. The molecular formula is C83H134ClN9O29S2. The number of carbonyl (C=O) groups is 9. The van der Waals surface area contributed by atoms with Crippen LogP contribution in [0.1, 0.15) is 154 Å². The molecule has 0 fully saturated rings. The average Bonchev–Trinajstić information content (AvgIpc) is 0.759. The van der Waals surface area contributed by atoms with Crippen molar-refractivity contribution in [3.05, 3.63) is 111 Å². The minimum Gasteiger partial charge on any atom is -0.481 e. The summed E-state index contributed by atoms with van der Waals surface area (Å²) in [5.74, 6) is -2.75. The van der Waals surface area contributed by atoms with Gasteiger partial charge in [0.05, 0.1) is 87.4 Å². The van der Waals surface area contributed by atoms with Crippen LogP contribution in [-0.4, -0.2) is 294 Å². The lowest BCUT2D eigenvalue weighted by molar-refractivity contribution is -0.181. The van der Waals surface area contributed by atoms with Crippen LogP contribution in [0.4, 0.5) is 19.2 Å². The van der Waals surface area contributed by atoms with Gasteiger partial charge < -0.3 is 129 Å². The molecule has 0 saturated carbocycles. The van der Waals surface area contributed by atoms with Crippen LogP contribution in [0.25, 0.3) is 10.9 Å². The normalized spacial score (nSPS) is 13.8. The van der Waals surface area contributed by atoms with Gasteiger partial charge in [0, 0.05) is 103 Å². The van der Waals surface area contributed by atoms with Crippen LogP contribution in [0, 0.1) is 24.7 Å². The number of amides is 7. The zero-order chi connectivity index (χ0) is 93.1. The summed E-state index contributed by atoms with van der Waals surface area (Å²) in [6, 6.07) is 19.8. The Morgan fingerprint density at radius 2 is 1.01 bits per heavy atom. The van der Waals surface area contributed by atoms with E-state index in [0.29, 0.717) is 59.5 Å². The topological polar surface area (TPSA) is 505 Å². The molecule has 41 heteroatoms. The molecule has 11 atom stereocenters. The van der Waals surface area contributed by atoms with Crippen molar-refractivity contribution in [3.63, 3.8) is 0 Å². The number of nitrogens with one attached hydrogen (secondary N) is 6. The van der Waals surface area contributed by atoms with Gasteiger partial charge in [0.15, 0.2) is 25.2 Å². The van der Waals surface area contributed by atoms with Gasteiger partial charge in [-0.1, -0.05) is 150 Å². The second-order valence-electron chi connectivity index (χ2n) is 28.4. The van der Waals surface area contributed by atoms with Crippen molar-refractivity contribution < 1.29 is 135 Å². The van der Waals surface area contributed by atoms with E-state index in [9.17, 15) is 53.1 Å². The number of carbonyl (C=O) groups excluding carboxylic acids is 8. The zero-order valence-electron chi connectivity index (χ0n) is 74.1. The lowest BCUT2D eigenvalue weighted by Gasteiger charge is -2.35. The van der Waals surface area contributed by atoms with Crippen LogP contribution in [0.15, 0.2) is 77.6 Å². The van der Waals surface area contributed by atoms with E-state index in [1.54, 1.807) is 89.1 Å².